The van der Waals surface area contributed by atoms with Crippen LogP contribution >= 0.6 is 0 Å². The fourth-order valence-corrected chi connectivity index (χ4v) is 4.58. The number of ether oxygens (including phenoxy) is 2. The molecule has 2 nitrogen and oxygen atoms in total. The highest BCUT2D eigenvalue weighted by Gasteiger charge is 2.18. The van der Waals surface area contributed by atoms with Crippen LogP contribution in [-0.2, 0) is 11.2 Å². The van der Waals surface area contributed by atoms with Gasteiger partial charge >= 0.3 is 0 Å². The topological polar surface area (TPSA) is 18.5 Å². The van der Waals surface area contributed by atoms with Crippen LogP contribution in [0.5, 0.6) is 5.75 Å². The van der Waals surface area contributed by atoms with Gasteiger partial charge in [-0.15, -0.1) is 0 Å². The molecule has 0 radical (unpaired) electrons. The summed E-state index contributed by atoms with van der Waals surface area (Å²) in [6.07, 6.45) is 21.9. The third-order valence-corrected chi connectivity index (χ3v) is 6.44. The molecule has 156 valence electrons. The summed E-state index contributed by atoms with van der Waals surface area (Å²) in [5, 5.41) is 0. The molecule has 2 aliphatic rings. The Morgan fingerprint density at radius 2 is 1.82 bits per heavy atom. The Bertz CT molecular complexity index is 548. The van der Waals surface area contributed by atoms with Crippen LogP contribution in [0, 0.1) is 11.8 Å². The van der Waals surface area contributed by atoms with Crippen LogP contribution in [-0.4, -0.2) is 12.9 Å². The lowest BCUT2D eigenvalue weighted by Crippen LogP contribution is -2.24. The van der Waals surface area contributed by atoms with Gasteiger partial charge in [0.05, 0.1) is 6.61 Å². The quantitative estimate of drug-likeness (QED) is 0.308. The zero-order chi connectivity index (χ0) is 19.4. The van der Waals surface area contributed by atoms with Crippen molar-refractivity contribution in [2.24, 2.45) is 11.8 Å². The molecule has 1 aromatic rings. The van der Waals surface area contributed by atoms with Crippen LogP contribution in [0.2, 0.25) is 0 Å². The molecular weight excluding hydrogens is 344 g/mol. The molecule has 1 heterocycles. The number of hydrogen-bond donors (Lipinski definition) is 0. The molecule has 0 amide bonds. The molecule has 1 aliphatic carbocycles. The van der Waals surface area contributed by atoms with Crippen molar-refractivity contribution in [1.29, 1.82) is 0 Å². The number of benzene rings is 1. The van der Waals surface area contributed by atoms with E-state index >= 15 is 0 Å². The molecule has 0 N–H and O–H groups in total. The third kappa shape index (κ3) is 7.62. The van der Waals surface area contributed by atoms with Gasteiger partial charge in [0.1, 0.15) is 5.75 Å². The van der Waals surface area contributed by atoms with Crippen molar-refractivity contribution in [3.05, 3.63) is 42.0 Å². The Labute approximate surface area is 172 Å². The Balaban J connectivity index is 1.30. The molecular formula is C26H40O2. The minimum absolute atomic E-state index is 0.0516. The van der Waals surface area contributed by atoms with Crippen molar-refractivity contribution in [2.75, 3.05) is 6.61 Å². The molecule has 1 unspecified atom stereocenters. The summed E-state index contributed by atoms with van der Waals surface area (Å²) in [6, 6.07) is 8.59. The van der Waals surface area contributed by atoms with Gasteiger partial charge in [0.15, 0.2) is 6.29 Å². The smallest absolute Gasteiger partial charge is 0.199 e. The number of rotatable bonds is 10. The van der Waals surface area contributed by atoms with Gasteiger partial charge < -0.3 is 9.47 Å². The first-order valence-electron chi connectivity index (χ1n) is 11.9. The first-order chi connectivity index (χ1) is 13.8. The van der Waals surface area contributed by atoms with E-state index in [-0.39, 0.29) is 6.29 Å². The molecule has 1 atom stereocenters. The Morgan fingerprint density at radius 3 is 2.54 bits per heavy atom. The van der Waals surface area contributed by atoms with Crippen LogP contribution in [0.15, 0.2) is 36.4 Å². The summed E-state index contributed by atoms with van der Waals surface area (Å²) in [7, 11) is 0. The second-order valence-corrected chi connectivity index (χ2v) is 8.80. The van der Waals surface area contributed by atoms with Gasteiger partial charge in [-0.3, -0.25) is 0 Å². The summed E-state index contributed by atoms with van der Waals surface area (Å²) < 4.78 is 11.6. The fourth-order valence-electron chi connectivity index (χ4n) is 4.58. The van der Waals surface area contributed by atoms with Crippen molar-refractivity contribution >= 4 is 0 Å². The van der Waals surface area contributed by atoms with Gasteiger partial charge in [-0.1, -0.05) is 56.9 Å². The van der Waals surface area contributed by atoms with E-state index in [9.17, 15) is 0 Å². The van der Waals surface area contributed by atoms with Crippen molar-refractivity contribution in [3.63, 3.8) is 0 Å². The van der Waals surface area contributed by atoms with Gasteiger partial charge in [-0.25, -0.2) is 0 Å². The highest BCUT2D eigenvalue weighted by atomic mass is 16.7. The van der Waals surface area contributed by atoms with E-state index in [1.807, 2.05) is 0 Å². The van der Waals surface area contributed by atoms with Gasteiger partial charge in [0.25, 0.3) is 0 Å². The molecule has 28 heavy (non-hydrogen) atoms. The van der Waals surface area contributed by atoms with E-state index in [1.54, 1.807) is 0 Å². The Morgan fingerprint density at radius 1 is 1.00 bits per heavy atom. The summed E-state index contributed by atoms with van der Waals surface area (Å²) in [5.74, 6) is 2.77. The van der Waals surface area contributed by atoms with E-state index in [0.717, 1.165) is 49.9 Å². The van der Waals surface area contributed by atoms with Crippen molar-refractivity contribution in [3.8, 4) is 5.75 Å². The second-order valence-electron chi connectivity index (χ2n) is 8.80. The lowest BCUT2D eigenvalue weighted by molar-refractivity contribution is -0.105. The minimum Gasteiger partial charge on any atom is -0.465 e. The summed E-state index contributed by atoms with van der Waals surface area (Å²) in [4.78, 5) is 0. The second kappa shape index (κ2) is 12.3. The van der Waals surface area contributed by atoms with E-state index in [4.69, 9.17) is 9.47 Å². The van der Waals surface area contributed by atoms with Crippen molar-refractivity contribution in [1.82, 2.24) is 0 Å². The average Bonchev–Trinajstić information content (AvgIpc) is 2.74. The van der Waals surface area contributed by atoms with Crippen molar-refractivity contribution in [2.45, 2.75) is 96.7 Å². The van der Waals surface area contributed by atoms with Crippen LogP contribution in [0.4, 0.5) is 0 Å². The van der Waals surface area contributed by atoms with Gasteiger partial charge in [0.2, 0.25) is 0 Å². The van der Waals surface area contributed by atoms with E-state index in [1.165, 1.54) is 63.4 Å². The SMILES string of the molecule is CCCCC[C@H]1CC[C@H](C=CCCc2ccc(OC3CCCCO3)cc2)CC1. The lowest BCUT2D eigenvalue weighted by atomic mass is 9.79. The van der Waals surface area contributed by atoms with Gasteiger partial charge in [0, 0.05) is 6.42 Å². The summed E-state index contributed by atoms with van der Waals surface area (Å²) >= 11 is 0. The van der Waals surface area contributed by atoms with Crippen LogP contribution in [0.1, 0.15) is 89.5 Å². The van der Waals surface area contributed by atoms with Gasteiger partial charge in [-0.05, 0) is 80.9 Å². The first kappa shape index (κ1) is 21.4. The molecule has 1 aliphatic heterocycles. The summed E-state index contributed by atoms with van der Waals surface area (Å²) in [5.41, 5.74) is 1.39. The molecule has 0 aromatic heterocycles. The third-order valence-electron chi connectivity index (χ3n) is 6.44. The molecule has 2 heteroatoms. The molecule has 0 bridgehead atoms. The van der Waals surface area contributed by atoms with Crippen LogP contribution in [0.25, 0.3) is 0 Å². The molecule has 1 aromatic carbocycles. The maximum atomic E-state index is 5.92. The molecule has 1 saturated heterocycles. The zero-order valence-corrected chi connectivity index (χ0v) is 17.9. The van der Waals surface area contributed by atoms with E-state index in [0.29, 0.717) is 0 Å². The largest absolute Gasteiger partial charge is 0.465 e. The Hall–Kier alpha value is -1.28. The number of aryl methyl sites for hydroxylation is 1. The number of hydrogen-bond acceptors (Lipinski definition) is 2. The highest BCUT2D eigenvalue weighted by Crippen LogP contribution is 2.32. The first-order valence-corrected chi connectivity index (χ1v) is 11.9. The fraction of sp³-hybridized carbons (Fsp3) is 0.692. The Kier molecular flexibility index (Phi) is 9.43. The van der Waals surface area contributed by atoms with Crippen LogP contribution in [0.3, 0.4) is 0 Å². The molecule has 1 saturated carbocycles. The highest BCUT2D eigenvalue weighted by molar-refractivity contribution is 5.27. The maximum Gasteiger partial charge on any atom is 0.199 e. The lowest BCUT2D eigenvalue weighted by Gasteiger charge is -2.26. The van der Waals surface area contributed by atoms with Crippen LogP contribution < -0.4 is 4.74 Å². The zero-order valence-electron chi connectivity index (χ0n) is 17.9. The minimum atomic E-state index is -0.0516. The average molecular weight is 385 g/mol. The molecule has 3 rings (SSSR count). The van der Waals surface area contributed by atoms with Gasteiger partial charge in [-0.2, -0.15) is 0 Å². The number of unbranched alkanes of at least 4 members (excludes halogenated alkanes) is 2. The number of allylic oxidation sites excluding steroid dienone is 2. The predicted molar refractivity (Wildman–Crippen MR) is 118 cm³/mol. The standard InChI is InChI=1S/C26H40O2/c1-2-3-4-9-22-13-15-23(16-14-22)10-5-6-11-24-17-19-25(20-18-24)28-26-12-7-8-21-27-26/h5,10,17-20,22-23,26H,2-4,6-9,11-16,21H2,1H3/t22-,23-,26?. The monoisotopic (exact) mass is 384 g/mol. The molecule has 2 fully saturated rings. The predicted octanol–water partition coefficient (Wildman–Crippen LogP) is 7.47. The van der Waals surface area contributed by atoms with Crippen molar-refractivity contribution < 1.29 is 9.47 Å². The van der Waals surface area contributed by atoms with E-state index in [2.05, 4.69) is 43.3 Å². The summed E-state index contributed by atoms with van der Waals surface area (Å²) in [6.45, 7) is 3.13. The molecule has 0 spiro atoms. The normalized spacial score (nSPS) is 25.8. The van der Waals surface area contributed by atoms with E-state index < -0.39 is 0 Å². The maximum absolute atomic E-state index is 5.92.